The Balaban J connectivity index is 1.34. The Morgan fingerprint density at radius 3 is 2.85 bits per heavy atom. The Bertz CT molecular complexity index is 2050. The Morgan fingerprint density at radius 2 is 2.04 bits per heavy atom. The lowest BCUT2D eigenvalue weighted by Crippen LogP contribution is -2.46. The largest absolute Gasteiger partial charge is 0.489 e. The fraction of sp³-hybridized carbons (Fsp3) is 0.455. The molecule has 0 amide bonds. The first-order valence-electron chi connectivity index (χ1n) is 15.6. The molecule has 2 N–H and O–H groups in total. The number of nitrogens with zero attached hydrogens (tertiary/aromatic N) is 6. The molecule has 3 fully saturated rings. The molecule has 3 saturated heterocycles. The van der Waals surface area contributed by atoms with Gasteiger partial charge in [0.15, 0.2) is 11.6 Å². The monoisotopic (exact) mass is 679 g/mol. The van der Waals surface area contributed by atoms with Crippen molar-refractivity contribution < 1.29 is 22.6 Å². The predicted molar refractivity (Wildman–Crippen MR) is 173 cm³/mol. The third-order valence-corrected chi connectivity index (χ3v) is 11.6. The maximum atomic E-state index is 17.1. The van der Waals surface area contributed by atoms with E-state index in [2.05, 4.69) is 16.0 Å². The average Bonchev–Trinajstić information content (AvgIpc) is 3.66. The van der Waals surface area contributed by atoms with E-state index in [1.165, 1.54) is 12.1 Å². The smallest absolute Gasteiger partial charge is 0.319 e. The van der Waals surface area contributed by atoms with Gasteiger partial charge in [-0.3, -0.25) is 4.90 Å². The quantitative estimate of drug-likeness (QED) is 0.244. The van der Waals surface area contributed by atoms with Gasteiger partial charge in [0.25, 0.3) is 0 Å². The Labute approximate surface area is 277 Å². The number of nitriles is 2. The maximum absolute atomic E-state index is 17.1. The lowest BCUT2D eigenvalue weighted by molar-refractivity contribution is 0.107. The van der Waals surface area contributed by atoms with Gasteiger partial charge in [-0.25, -0.2) is 13.2 Å². The Hall–Kier alpha value is -4.04. The van der Waals surface area contributed by atoms with Crippen LogP contribution in [-0.2, 0) is 0 Å². The van der Waals surface area contributed by atoms with Crippen molar-refractivity contribution in [3.8, 4) is 35.0 Å². The second-order valence-electron chi connectivity index (χ2n) is 12.9. The number of ether oxygens (including phenoxy) is 2. The van der Waals surface area contributed by atoms with Crippen molar-refractivity contribution in [3.63, 3.8) is 0 Å². The van der Waals surface area contributed by atoms with E-state index in [4.69, 9.17) is 31.8 Å². The summed E-state index contributed by atoms with van der Waals surface area (Å²) in [6.45, 7) is 1.99. The van der Waals surface area contributed by atoms with Crippen molar-refractivity contribution in [2.24, 2.45) is 5.92 Å². The fourth-order valence-corrected chi connectivity index (χ4v) is 9.33. The first-order chi connectivity index (χ1) is 22.7. The van der Waals surface area contributed by atoms with E-state index in [9.17, 15) is 19.3 Å². The second-order valence-corrected chi connectivity index (χ2v) is 14.4. The molecular formula is C33H29ClF3N7O2S. The highest BCUT2D eigenvalue weighted by Gasteiger charge is 2.49. The molecule has 4 aliphatic rings. The molecule has 4 aromatic rings. The first kappa shape index (κ1) is 30.3. The molecule has 47 heavy (non-hydrogen) atoms. The van der Waals surface area contributed by atoms with Crippen molar-refractivity contribution in [1.82, 2.24) is 14.9 Å². The number of hydrogen-bond donors (Lipinski definition) is 1. The number of fused-ring (bicyclic) bond motifs is 4. The van der Waals surface area contributed by atoms with Gasteiger partial charge in [0.2, 0.25) is 0 Å². The summed E-state index contributed by atoms with van der Waals surface area (Å²) in [6.07, 6.45) is 2.97. The molecule has 3 unspecified atom stereocenters. The van der Waals surface area contributed by atoms with E-state index in [0.29, 0.717) is 38.2 Å². The van der Waals surface area contributed by atoms with Crippen molar-refractivity contribution in [3.05, 3.63) is 34.4 Å². The normalized spacial score (nSPS) is 25.2. The zero-order valence-electron chi connectivity index (χ0n) is 25.2. The van der Waals surface area contributed by atoms with Crippen LogP contribution in [0.15, 0.2) is 12.1 Å². The van der Waals surface area contributed by atoms with Crippen LogP contribution in [0, 0.1) is 40.2 Å². The van der Waals surface area contributed by atoms with Gasteiger partial charge in [0.1, 0.15) is 47.6 Å². The summed E-state index contributed by atoms with van der Waals surface area (Å²) in [5.41, 5.74) is 5.58. The SMILES string of the molecule is N#CCC1CCC2COc3c(Cl)c(-c4ccc(F)c5sc(N)c(C#N)c45)c(F)c4nc(OCC56CCCN5C[C@H](F)C6)nc(c34)N2C1. The molecule has 6 heterocycles. The topological polar surface area (TPSA) is 124 Å². The summed E-state index contributed by atoms with van der Waals surface area (Å²) in [5, 5.41) is 19.8. The number of rotatable bonds is 5. The number of piperidine rings is 1. The van der Waals surface area contributed by atoms with E-state index in [1.807, 2.05) is 11.0 Å². The molecule has 0 radical (unpaired) electrons. The third kappa shape index (κ3) is 4.66. The second kappa shape index (κ2) is 11.3. The minimum atomic E-state index is -0.953. The lowest BCUT2D eigenvalue weighted by Gasteiger charge is -2.38. The molecule has 242 valence electrons. The summed E-state index contributed by atoms with van der Waals surface area (Å²) in [5.74, 6) is -0.794. The molecule has 8 rings (SSSR count). The van der Waals surface area contributed by atoms with Gasteiger partial charge in [-0.2, -0.15) is 20.5 Å². The minimum absolute atomic E-state index is 0.0259. The van der Waals surface area contributed by atoms with Crippen LogP contribution >= 0.6 is 22.9 Å². The molecule has 4 atom stereocenters. The highest BCUT2D eigenvalue weighted by Crippen LogP contribution is 2.52. The van der Waals surface area contributed by atoms with Crippen molar-refractivity contribution in [2.45, 2.75) is 56.3 Å². The Kier molecular flexibility index (Phi) is 7.28. The van der Waals surface area contributed by atoms with Gasteiger partial charge in [0, 0.05) is 36.9 Å². The fourth-order valence-electron chi connectivity index (χ4n) is 8.05. The molecule has 2 aromatic carbocycles. The van der Waals surface area contributed by atoms with Crippen LogP contribution in [0.1, 0.15) is 44.1 Å². The summed E-state index contributed by atoms with van der Waals surface area (Å²) in [7, 11) is 0. The number of benzene rings is 2. The highest BCUT2D eigenvalue weighted by molar-refractivity contribution is 7.23. The third-order valence-electron chi connectivity index (χ3n) is 10.2. The van der Waals surface area contributed by atoms with Gasteiger partial charge in [-0.05, 0) is 49.8 Å². The van der Waals surface area contributed by atoms with Crippen LogP contribution in [0.25, 0.3) is 32.1 Å². The number of halogens is 4. The molecular weight excluding hydrogens is 651 g/mol. The number of nitrogen functional groups attached to an aromatic ring is 1. The van der Waals surface area contributed by atoms with Crippen molar-refractivity contribution >= 4 is 54.7 Å². The summed E-state index contributed by atoms with van der Waals surface area (Å²) in [4.78, 5) is 13.5. The minimum Gasteiger partial charge on any atom is -0.489 e. The molecule has 0 bridgehead atoms. The molecule has 0 saturated carbocycles. The van der Waals surface area contributed by atoms with Crippen LogP contribution in [-0.4, -0.2) is 65.5 Å². The van der Waals surface area contributed by atoms with Gasteiger partial charge in [-0.1, -0.05) is 17.7 Å². The van der Waals surface area contributed by atoms with Crippen LogP contribution in [0.3, 0.4) is 0 Å². The van der Waals surface area contributed by atoms with Crippen LogP contribution in [0.4, 0.5) is 24.0 Å². The summed E-state index contributed by atoms with van der Waals surface area (Å²) < 4.78 is 59.3. The number of anilines is 2. The molecule has 2 aromatic heterocycles. The van der Waals surface area contributed by atoms with E-state index in [0.717, 1.165) is 37.1 Å². The van der Waals surface area contributed by atoms with E-state index < -0.39 is 23.3 Å². The standard InChI is InChI=1S/C33H29ClF3N7O2S/c34-25-23(19-4-5-21(36)29-22(19)20(11-39)30(40)47-29)26(37)27-24-28(25)45-14-18-3-2-16(6-8-38)12-44(18)31(24)42-32(41-27)46-15-33-7-1-9-43(33)13-17(35)10-33/h4-5,16-18H,1-3,6-7,9-10,12-15,40H2/t16?,17-,18?,33?/m1/s1. The molecule has 14 heteroatoms. The van der Waals surface area contributed by atoms with Gasteiger partial charge >= 0.3 is 6.01 Å². The van der Waals surface area contributed by atoms with E-state index >= 15 is 4.39 Å². The Morgan fingerprint density at radius 1 is 1.19 bits per heavy atom. The maximum Gasteiger partial charge on any atom is 0.319 e. The van der Waals surface area contributed by atoms with Gasteiger partial charge < -0.3 is 20.1 Å². The summed E-state index contributed by atoms with van der Waals surface area (Å²) in [6, 6.07) is 6.64. The zero-order chi connectivity index (χ0) is 32.6. The zero-order valence-corrected chi connectivity index (χ0v) is 26.7. The van der Waals surface area contributed by atoms with Gasteiger partial charge in [0.05, 0.1) is 38.3 Å². The number of nitrogens with two attached hydrogens (primary N) is 1. The van der Waals surface area contributed by atoms with Crippen LogP contribution in [0.5, 0.6) is 11.8 Å². The molecule has 4 aliphatic heterocycles. The lowest BCUT2D eigenvalue weighted by atomic mass is 9.91. The van der Waals surface area contributed by atoms with Gasteiger partial charge in [-0.15, -0.1) is 11.3 Å². The molecule has 9 nitrogen and oxygen atoms in total. The predicted octanol–water partition coefficient (Wildman–Crippen LogP) is 6.74. The average molecular weight is 680 g/mol. The number of hydrogen-bond acceptors (Lipinski definition) is 10. The summed E-state index contributed by atoms with van der Waals surface area (Å²) >= 11 is 7.93. The van der Waals surface area contributed by atoms with E-state index in [1.54, 1.807) is 0 Å². The van der Waals surface area contributed by atoms with Crippen molar-refractivity contribution in [2.75, 3.05) is 43.5 Å². The highest BCUT2D eigenvalue weighted by atomic mass is 35.5. The number of alkyl halides is 1. The van der Waals surface area contributed by atoms with Crippen LogP contribution < -0.4 is 20.1 Å². The number of aromatic nitrogens is 2. The van der Waals surface area contributed by atoms with E-state index in [-0.39, 0.29) is 84.6 Å². The number of thiophene rings is 1. The first-order valence-corrected chi connectivity index (χ1v) is 16.8. The van der Waals surface area contributed by atoms with Crippen molar-refractivity contribution in [1.29, 1.82) is 10.5 Å². The van der Waals surface area contributed by atoms with Crippen LogP contribution in [0.2, 0.25) is 5.02 Å². The molecule has 0 aliphatic carbocycles. The molecule has 0 spiro atoms.